The number of ketones is 1. The van der Waals surface area contributed by atoms with Gasteiger partial charge in [0.05, 0.1) is 31.2 Å². The first-order valence-electron chi connectivity index (χ1n) is 17.1. The highest BCUT2D eigenvalue weighted by Gasteiger charge is 2.63. The minimum Gasteiger partial charge on any atom is -0.493 e. The van der Waals surface area contributed by atoms with Gasteiger partial charge in [-0.15, -0.1) is 0 Å². The summed E-state index contributed by atoms with van der Waals surface area (Å²) in [5, 5.41) is 3.21. The number of hydrogen-bond acceptors (Lipinski definition) is 9. The van der Waals surface area contributed by atoms with Crippen molar-refractivity contribution < 1.29 is 42.1 Å². The van der Waals surface area contributed by atoms with Crippen LogP contribution in [0.15, 0.2) is 78.6 Å². The number of nitrogens with two attached hydrogens (primary N) is 1. The van der Waals surface area contributed by atoms with Crippen molar-refractivity contribution in [1.82, 2.24) is 9.88 Å². The van der Waals surface area contributed by atoms with E-state index in [4.69, 9.17) is 24.7 Å². The number of Topliss-reactive ketones (excluding diaryl/α,β-unsaturated/α-hetero) is 1. The van der Waals surface area contributed by atoms with Crippen molar-refractivity contribution in [3.63, 3.8) is 0 Å². The standard InChI is InChI=1S/C39H38F2N4O7/c1-49-33-18-27-30(19-34(33)50-2)43-14-11-31(27)52-32-10-9-26(17-29(32)41)44-37(47)28-21-45(20-22-12-15-51-16-13-22)39(38(42)48,24-5-6-24)35(36(28)46)23-3-7-25(40)8-4-23/h3-4,7-11,14,17-19,21-22,24,35H,5-6,12-13,15-16,20H2,1-2H3,(H2,42,48)(H,44,47). The van der Waals surface area contributed by atoms with Crippen molar-refractivity contribution in [1.29, 1.82) is 0 Å². The van der Waals surface area contributed by atoms with Crippen LogP contribution in [-0.2, 0) is 19.1 Å². The fourth-order valence-corrected chi connectivity index (χ4v) is 7.48. The van der Waals surface area contributed by atoms with Crippen LogP contribution in [0.1, 0.15) is 37.2 Å². The van der Waals surface area contributed by atoms with Crippen molar-refractivity contribution in [2.24, 2.45) is 17.6 Å². The zero-order valence-corrected chi connectivity index (χ0v) is 28.7. The number of ether oxygens (including phenoxy) is 4. The second-order valence-corrected chi connectivity index (χ2v) is 13.3. The van der Waals surface area contributed by atoms with Crippen LogP contribution in [0.25, 0.3) is 10.9 Å². The van der Waals surface area contributed by atoms with Crippen molar-refractivity contribution in [3.8, 4) is 23.0 Å². The fourth-order valence-electron chi connectivity index (χ4n) is 7.48. The summed E-state index contributed by atoms with van der Waals surface area (Å²) in [5.41, 5.74) is 5.50. The number of carbonyl (C=O) groups is 3. The maximum atomic E-state index is 15.6. The summed E-state index contributed by atoms with van der Waals surface area (Å²) in [6.07, 6.45) is 5.74. The number of halogens is 2. The molecule has 2 fully saturated rings. The smallest absolute Gasteiger partial charge is 0.260 e. The Morgan fingerprint density at radius 1 is 0.942 bits per heavy atom. The molecule has 1 saturated carbocycles. The van der Waals surface area contributed by atoms with Crippen LogP contribution in [-0.4, -0.2) is 67.0 Å². The molecular weight excluding hydrogens is 674 g/mol. The number of pyridine rings is 1. The van der Waals surface area contributed by atoms with E-state index >= 15 is 4.39 Å². The van der Waals surface area contributed by atoms with Gasteiger partial charge in [-0.2, -0.15) is 0 Å². The Hall–Kier alpha value is -5.56. The van der Waals surface area contributed by atoms with Crippen LogP contribution in [0.3, 0.4) is 0 Å². The third kappa shape index (κ3) is 6.40. The Labute approximate surface area is 298 Å². The van der Waals surface area contributed by atoms with E-state index in [2.05, 4.69) is 10.3 Å². The molecule has 13 heteroatoms. The molecule has 2 unspecified atom stereocenters. The number of hydrogen-bond donors (Lipinski definition) is 2. The highest BCUT2D eigenvalue weighted by molar-refractivity contribution is 6.27. The topological polar surface area (TPSA) is 142 Å². The second kappa shape index (κ2) is 14.2. The zero-order chi connectivity index (χ0) is 36.6. The summed E-state index contributed by atoms with van der Waals surface area (Å²) < 4.78 is 51.9. The summed E-state index contributed by atoms with van der Waals surface area (Å²) in [5.74, 6) is -3.61. The highest BCUT2D eigenvalue weighted by atomic mass is 19.1. The molecule has 1 aliphatic carbocycles. The van der Waals surface area contributed by atoms with Crippen LogP contribution >= 0.6 is 0 Å². The van der Waals surface area contributed by atoms with Crippen molar-refractivity contribution >= 4 is 34.2 Å². The number of aromatic nitrogens is 1. The number of nitrogens with one attached hydrogen (secondary N) is 1. The van der Waals surface area contributed by atoms with Gasteiger partial charge >= 0.3 is 0 Å². The minimum absolute atomic E-state index is 0.0674. The maximum absolute atomic E-state index is 15.6. The normalized spacial score (nSPS) is 20.7. The van der Waals surface area contributed by atoms with E-state index in [-0.39, 0.29) is 28.8 Å². The van der Waals surface area contributed by atoms with E-state index in [1.165, 1.54) is 63.0 Å². The number of primary amides is 1. The molecular formula is C39H38F2N4O7. The lowest BCUT2D eigenvalue weighted by Gasteiger charge is -2.50. The number of anilines is 1. The average molecular weight is 713 g/mol. The summed E-state index contributed by atoms with van der Waals surface area (Å²) in [7, 11) is 3.01. The fraction of sp³-hybridized carbons (Fsp3) is 0.333. The van der Waals surface area contributed by atoms with E-state index in [1.54, 1.807) is 23.1 Å². The number of fused-ring (bicyclic) bond motifs is 1. The summed E-state index contributed by atoms with van der Waals surface area (Å²) in [6.45, 7) is 1.45. The molecule has 270 valence electrons. The third-order valence-corrected chi connectivity index (χ3v) is 10.2. The van der Waals surface area contributed by atoms with E-state index < -0.39 is 40.7 Å². The lowest BCUT2D eigenvalue weighted by atomic mass is 9.67. The molecule has 52 heavy (non-hydrogen) atoms. The van der Waals surface area contributed by atoms with Crippen LogP contribution in [0.4, 0.5) is 14.5 Å². The number of nitrogens with zero attached hydrogens (tertiary/aromatic N) is 2. The Morgan fingerprint density at radius 3 is 2.31 bits per heavy atom. The molecule has 2 amide bonds. The molecule has 0 bridgehead atoms. The first-order chi connectivity index (χ1) is 25.1. The molecule has 0 radical (unpaired) electrons. The van der Waals surface area contributed by atoms with Gasteiger partial charge in [0.25, 0.3) is 5.91 Å². The van der Waals surface area contributed by atoms with Gasteiger partial charge in [-0.3, -0.25) is 19.4 Å². The first kappa shape index (κ1) is 34.9. The Morgan fingerprint density at radius 2 is 1.65 bits per heavy atom. The molecule has 0 spiro atoms. The van der Waals surface area contributed by atoms with Crippen LogP contribution < -0.4 is 25.3 Å². The predicted molar refractivity (Wildman–Crippen MR) is 187 cm³/mol. The molecule has 11 nitrogen and oxygen atoms in total. The van der Waals surface area contributed by atoms with Crippen LogP contribution in [0.5, 0.6) is 23.0 Å². The van der Waals surface area contributed by atoms with Crippen molar-refractivity contribution in [3.05, 3.63) is 95.8 Å². The summed E-state index contributed by atoms with van der Waals surface area (Å²) in [6, 6.07) is 14.2. The molecule has 3 aromatic carbocycles. The lowest BCUT2D eigenvalue weighted by molar-refractivity contribution is -0.140. The van der Waals surface area contributed by atoms with Gasteiger partial charge in [-0.05, 0) is 79.5 Å². The monoisotopic (exact) mass is 712 g/mol. The Bertz CT molecular complexity index is 2060. The molecule has 7 rings (SSSR count). The number of carbonyl (C=O) groups excluding carboxylic acids is 3. The van der Waals surface area contributed by atoms with Gasteiger partial charge in [0.15, 0.2) is 28.8 Å². The minimum atomic E-state index is -1.46. The number of methoxy groups -OCH3 is 2. The van der Waals surface area contributed by atoms with Crippen molar-refractivity contribution in [2.75, 3.05) is 39.3 Å². The Kier molecular flexibility index (Phi) is 9.54. The lowest BCUT2D eigenvalue weighted by Crippen LogP contribution is -2.66. The van der Waals surface area contributed by atoms with E-state index in [0.29, 0.717) is 66.3 Å². The SMILES string of the molecule is COc1cc2nccc(Oc3ccc(NC(=O)C4=CN(CC5CCOCC5)C(C(N)=O)(C5CC5)C(c5ccc(F)cc5)C4=O)cc3F)c2cc1OC. The molecule has 3 N–H and O–H groups in total. The van der Waals surface area contributed by atoms with Gasteiger partial charge in [0, 0.05) is 55.4 Å². The van der Waals surface area contributed by atoms with E-state index in [1.807, 2.05) is 0 Å². The van der Waals surface area contributed by atoms with Gasteiger partial charge in [0.2, 0.25) is 5.91 Å². The number of rotatable bonds is 11. The van der Waals surface area contributed by atoms with E-state index in [0.717, 1.165) is 18.9 Å². The zero-order valence-electron chi connectivity index (χ0n) is 28.7. The molecule has 2 atom stereocenters. The quantitative estimate of drug-likeness (QED) is 0.183. The average Bonchev–Trinajstić information content (AvgIpc) is 3.99. The molecule has 2 aliphatic heterocycles. The largest absolute Gasteiger partial charge is 0.493 e. The van der Waals surface area contributed by atoms with Gasteiger partial charge < -0.3 is 34.9 Å². The molecule has 3 heterocycles. The van der Waals surface area contributed by atoms with Gasteiger partial charge in [-0.25, -0.2) is 8.78 Å². The number of amides is 2. The van der Waals surface area contributed by atoms with Gasteiger partial charge in [-0.1, -0.05) is 12.1 Å². The summed E-state index contributed by atoms with van der Waals surface area (Å²) >= 11 is 0. The highest BCUT2D eigenvalue weighted by Crippen LogP contribution is 2.54. The predicted octanol–water partition coefficient (Wildman–Crippen LogP) is 5.87. The maximum Gasteiger partial charge on any atom is 0.260 e. The van der Waals surface area contributed by atoms with E-state index in [9.17, 15) is 18.8 Å². The molecule has 4 aromatic rings. The molecule has 1 saturated heterocycles. The number of benzene rings is 3. The molecule has 3 aliphatic rings. The van der Waals surface area contributed by atoms with Gasteiger partial charge in [0.1, 0.15) is 17.1 Å². The molecule has 1 aromatic heterocycles. The first-order valence-corrected chi connectivity index (χ1v) is 17.1. The Balaban J connectivity index is 1.20. The van der Waals surface area contributed by atoms with Crippen LogP contribution in [0.2, 0.25) is 0 Å². The second-order valence-electron chi connectivity index (χ2n) is 13.3. The van der Waals surface area contributed by atoms with Crippen molar-refractivity contribution in [2.45, 2.75) is 37.1 Å². The third-order valence-electron chi connectivity index (χ3n) is 10.2. The summed E-state index contributed by atoms with van der Waals surface area (Å²) in [4.78, 5) is 48.2. The van der Waals surface area contributed by atoms with Crippen LogP contribution in [0, 0.1) is 23.5 Å².